The lowest BCUT2D eigenvalue weighted by atomic mass is 10.1. The van der Waals surface area contributed by atoms with E-state index in [0.29, 0.717) is 12.5 Å². The van der Waals surface area contributed by atoms with E-state index >= 15 is 0 Å². The van der Waals surface area contributed by atoms with Gasteiger partial charge in [0.15, 0.2) is 5.82 Å². The van der Waals surface area contributed by atoms with Gasteiger partial charge in [0, 0.05) is 18.1 Å². The third kappa shape index (κ3) is 1.98. The highest BCUT2D eigenvalue weighted by Crippen LogP contribution is 2.30. The van der Waals surface area contributed by atoms with Crippen molar-refractivity contribution in [3.8, 4) is 0 Å². The second kappa shape index (κ2) is 4.37. The molecule has 2 unspecified atom stereocenters. The maximum Gasteiger partial charge on any atom is 0.154 e. The standard InChI is InChI=1S/C11H17N3OS/c15-9-3-4-10-12-11(13-14(10)6-9)8-2-1-5-16-7-8/h8-9,15H,1-7H2. The van der Waals surface area contributed by atoms with E-state index in [0.717, 1.165) is 30.2 Å². The van der Waals surface area contributed by atoms with Gasteiger partial charge in [-0.15, -0.1) is 0 Å². The van der Waals surface area contributed by atoms with Crippen LogP contribution in [0.15, 0.2) is 0 Å². The molecule has 1 aromatic rings. The van der Waals surface area contributed by atoms with Crippen LogP contribution < -0.4 is 0 Å². The maximum absolute atomic E-state index is 9.58. The summed E-state index contributed by atoms with van der Waals surface area (Å²) in [6.07, 6.45) is 3.97. The second-order valence-corrected chi connectivity index (χ2v) is 5.82. The Balaban J connectivity index is 1.80. The lowest BCUT2D eigenvalue weighted by molar-refractivity contribution is 0.124. The van der Waals surface area contributed by atoms with Crippen LogP contribution in [0.25, 0.3) is 0 Å². The van der Waals surface area contributed by atoms with Crippen molar-refractivity contribution in [2.75, 3.05) is 11.5 Å². The smallest absolute Gasteiger partial charge is 0.154 e. The molecule has 0 bridgehead atoms. The van der Waals surface area contributed by atoms with Crippen LogP contribution >= 0.6 is 11.8 Å². The minimum Gasteiger partial charge on any atom is -0.391 e. The summed E-state index contributed by atoms with van der Waals surface area (Å²) in [6, 6.07) is 0. The first-order chi connectivity index (χ1) is 7.83. The summed E-state index contributed by atoms with van der Waals surface area (Å²) < 4.78 is 1.91. The monoisotopic (exact) mass is 239 g/mol. The molecule has 1 aromatic heterocycles. The molecule has 88 valence electrons. The molecule has 0 spiro atoms. The van der Waals surface area contributed by atoms with Gasteiger partial charge in [0.25, 0.3) is 0 Å². The highest BCUT2D eigenvalue weighted by Gasteiger charge is 2.24. The van der Waals surface area contributed by atoms with E-state index in [1.807, 2.05) is 16.4 Å². The summed E-state index contributed by atoms with van der Waals surface area (Å²) in [5, 5.41) is 14.1. The highest BCUT2D eigenvalue weighted by molar-refractivity contribution is 7.99. The molecular formula is C11H17N3OS. The van der Waals surface area contributed by atoms with Crippen LogP contribution in [0.2, 0.25) is 0 Å². The van der Waals surface area contributed by atoms with E-state index in [9.17, 15) is 5.11 Å². The zero-order chi connectivity index (χ0) is 11.0. The number of fused-ring (bicyclic) bond motifs is 1. The molecule has 0 aliphatic carbocycles. The van der Waals surface area contributed by atoms with Gasteiger partial charge in [-0.1, -0.05) is 0 Å². The van der Waals surface area contributed by atoms with E-state index in [1.54, 1.807) is 0 Å². The normalized spacial score (nSPS) is 30.1. The number of hydrogen-bond acceptors (Lipinski definition) is 4. The van der Waals surface area contributed by atoms with Crippen molar-refractivity contribution in [1.82, 2.24) is 14.8 Å². The third-order valence-electron chi connectivity index (χ3n) is 3.38. The zero-order valence-electron chi connectivity index (χ0n) is 9.30. The SMILES string of the molecule is OC1CCc2nc(C3CCCSC3)nn2C1. The Morgan fingerprint density at radius 1 is 1.38 bits per heavy atom. The molecule has 3 rings (SSSR count). The fourth-order valence-corrected chi connectivity index (χ4v) is 3.57. The van der Waals surface area contributed by atoms with Crippen LogP contribution in [-0.4, -0.2) is 37.5 Å². The lowest BCUT2D eigenvalue weighted by Gasteiger charge is -2.18. The lowest BCUT2D eigenvalue weighted by Crippen LogP contribution is -2.25. The molecule has 5 heteroatoms. The Morgan fingerprint density at radius 3 is 3.12 bits per heavy atom. The first kappa shape index (κ1) is 10.6. The van der Waals surface area contributed by atoms with Crippen LogP contribution in [0.5, 0.6) is 0 Å². The predicted octanol–water partition coefficient (Wildman–Crippen LogP) is 1.20. The van der Waals surface area contributed by atoms with E-state index < -0.39 is 0 Å². The number of thioether (sulfide) groups is 1. The summed E-state index contributed by atoms with van der Waals surface area (Å²) in [6.45, 7) is 0.627. The van der Waals surface area contributed by atoms with E-state index in [-0.39, 0.29) is 6.10 Å². The van der Waals surface area contributed by atoms with Crippen molar-refractivity contribution in [3.05, 3.63) is 11.6 Å². The number of aryl methyl sites for hydroxylation is 1. The summed E-state index contributed by atoms with van der Waals surface area (Å²) in [7, 11) is 0. The van der Waals surface area contributed by atoms with E-state index in [2.05, 4.69) is 10.1 Å². The molecule has 0 amide bonds. The number of aromatic nitrogens is 3. The van der Waals surface area contributed by atoms with Gasteiger partial charge < -0.3 is 5.11 Å². The van der Waals surface area contributed by atoms with Crippen LogP contribution in [0, 0.1) is 0 Å². The summed E-state index contributed by atoms with van der Waals surface area (Å²) in [4.78, 5) is 4.64. The fraction of sp³-hybridized carbons (Fsp3) is 0.818. The molecule has 0 aromatic carbocycles. The Kier molecular flexibility index (Phi) is 2.90. The molecule has 4 nitrogen and oxygen atoms in total. The molecule has 16 heavy (non-hydrogen) atoms. The van der Waals surface area contributed by atoms with Gasteiger partial charge in [0.1, 0.15) is 5.82 Å². The largest absolute Gasteiger partial charge is 0.391 e. The summed E-state index contributed by atoms with van der Waals surface area (Å²) in [5.74, 6) is 5.05. The molecule has 0 radical (unpaired) electrons. The average molecular weight is 239 g/mol. The fourth-order valence-electron chi connectivity index (χ4n) is 2.43. The van der Waals surface area contributed by atoms with Gasteiger partial charge in [-0.3, -0.25) is 0 Å². The molecule has 2 aliphatic heterocycles. The van der Waals surface area contributed by atoms with Gasteiger partial charge in [0.2, 0.25) is 0 Å². The molecular weight excluding hydrogens is 222 g/mol. The first-order valence-corrected chi connectivity index (χ1v) is 7.18. The number of aliphatic hydroxyl groups excluding tert-OH is 1. The summed E-state index contributed by atoms with van der Waals surface area (Å²) >= 11 is 2.01. The van der Waals surface area contributed by atoms with Crippen molar-refractivity contribution < 1.29 is 5.11 Å². The molecule has 2 atom stereocenters. The third-order valence-corrected chi connectivity index (χ3v) is 4.59. The van der Waals surface area contributed by atoms with Gasteiger partial charge in [-0.05, 0) is 25.0 Å². The van der Waals surface area contributed by atoms with Crippen LogP contribution in [0.1, 0.15) is 36.8 Å². The summed E-state index contributed by atoms with van der Waals surface area (Å²) in [5.41, 5.74) is 0. The van der Waals surface area contributed by atoms with Crippen molar-refractivity contribution >= 4 is 11.8 Å². The van der Waals surface area contributed by atoms with Crippen LogP contribution in [0.4, 0.5) is 0 Å². The molecule has 1 fully saturated rings. The first-order valence-electron chi connectivity index (χ1n) is 6.02. The Bertz CT molecular complexity index is 373. The minimum absolute atomic E-state index is 0.234. The minimum atomic E-state index is -0.234. The van der Waals surface area contributed by atoms with Crippen LogP contribution in [0.3, 0.4) is 0 Å². The number of hydrogen-bond donors (Lipinski definition) is 1. The Morgan fingerprint density at radius 2 is 2.31 bits per heavy atom. The molecule has 1 N–H and O–H groups in total. The molecule has 0 saturated carbocycles. The zero-order valence-corrected chi connectivity index (χ0v) is 10.1. The van der Waals surface area contributed by atoms with E-state index in [4.69, 9.17) is 0 Å². The predicted molar refractivity (Wildman–Crippen MR) is 63.6 cm³/mol. The molecule has 3 heterocycles. The average Bonchev–Trinajstić information content (AvgIpc) is 2.73. The van der Waals surface area contributed by atoms with E-state index in [1.165, 1.54) is 18.6 Å². The van der Waals surface area contributed by atoms with Gasteiger partial charge in [0.05, 0.1) is 12.6 Å². The maximum atomic E-state index is 9.58. The number of rotatable bonds is 1. The second-order valence-electron chi connectivity index (χ2n) is 4.67. The number of nitrogens with zero attached hydrogens (tertiary/aromatic N) is 3. The molecule has 1 saturated heterocycles. The van der Waals surface area contributed by atoms with Crippen molar-refractivity contribution in [3.63, 3.8) is 0 Å². The van der Waals surface area contributed by atoms with Gasteiger partial charge >= 0.3 is 0 Å². The highest BCUT2D eigenvalue weighted by atomic mass is 32.2. The quantitative estimate of drug-likeness (QED) is 0.800. The van der Waals surface area contributed by atoms with Crippen molar-refractivity contribution in [2.45, 2.75) is 44.2 Å². The van der Waals surface area contributed by atoms with Crippen molar-refractivity contribution in [1.29, 1.82) is 0 Å². The topological polar surface area (TPSA) is 50.9 Å². The van der Waals surface area contributed by atoms with Crippen LogP contribution in [-0.2, 0) is 13.0 Å². The Hall–Kier alpha value is -0.550. The van der Waals surface area contributed by atoms with Gasteiger partial charge in [-0.2, -0.15) is 16.9 Å². The number of aliphatic hydroxyl groups is 1. The van der Waals surface area contributed by atoms with Gasteiger partial charge in [-0.25, -0.2) is 9.67 Å². The Labute approximate surface area is 99.4 Å². The molecule has 2 aliphatic rings. The van der Waals surface area contributed by atoms with Crippen molar-refractivity contribution in [2.24, 2.45) is 0 Å².